The van der Waals surface area contributed by atoms with Crippen LogP contribution >= 0.6 is 0 Å². The maximum Gasteiger partial charge on any atom is 0.408 e. The molecule has 0 aromatic carbocycles. The minimum absolute atomic E-state index is 0.114. The Hall–Kier alpha value is -3.10. The van der Waals surface area contributed by atoms with Crippen LogP contribution in [-0.4, -0.2) is 38.8 Å². The van der Waals surface area contributed by atoms with Gasteiger partial charge in [0.15, 0.2) is 18.6 Å². The highest BCUT2D eigenvalue weighted by molar-refractivity contribution is 5.78. The zero-order chi connectivity index (χ0) is 18.4. The Labute approximate surface area is 144 Å². The number of rotatable bonds is 5. The molecule has 2 heterocycles. The van der Waals surface area contributed by atoms with E-state index >= 15 is 0 Å². The van der Waals surface area contributed by atoms with Gasteiger partial charge in [-0.2, -0.15) is 0 Å². The van der Waals surface area contributed by atoms with Gasteiger partial charge in [0.2, 0.25) is 0 Å². The number of carbonyl (C=O) groups is 2. The van der Waals surface area contributed by atoms with Crippen LogP contribution in [0.25, 0.3) is 11.4 Å². The first-order valence-corrected chi connectivity index (χ1v) is 7.58. The molecule has 25 heavy (non-hydrogen) atoms. The molecule has 0 aliphatic heterocycles. The van der Waals surface area contributed by atoms with Crippen LogP contribution in [-0.2, 0) is 16.1 Å². The van der Waals surface area contributed by atoms with Crippen molar-refractivity contribution in [1.82, 2.24) is 20.4 Å². The van der Waals surface area contributed by atoms with Crippen LogP contribution < -0.4 is 15.1 Å². The number of aromatic nitrogens is 4. The van der Waals surface area contributed by atoms with Gasteiger partial charge in [-0.05, 0) is 31.9 Å². The Morgan fingerprint density at radius 1 is 1.32 bits per heavy atom. The maximum absolute atomic E-state index is 11.7. The van der Waals surface area contributed by atoms with E-state index in [-0.39, 0.29) is 6.54 Å². The number of hydrogen-bond acceptors (Lipinski definition) is 7. The smallest absolute Gasteiger partial charge is 0.408 e. The molecule has 0 radical (unpaired) electrons. The molecular formula is C16H19N5O4. The summed E-state index contributed by atoms with van der Waals surface area (Å²) < 4.78 is 6.41. The summed E-state index contributed by atoms with van der Waals surface area (Å²) in [5.74, 6) is -0.930. The fraction of sp³-hybridized carbons (Fsp3) is 0.375. The van der Waals surface area contributed by atoms with Crippen molar-refractivity contribution < 1.29 is 24.1 Å². The molecule has 0 aliphatic carbocycles. The summed E-state index contributed by atoms with van der Waals surface area (Å²) in [6.45, 7) is 4.93. The van der Waals surface area contributed by atoms with E-state index in [1.807, 2.05) is 0 Å². The third kappa shape index (κ3) is 5.79. The summed E-state index contributed by atoms with van der Waals surface area (Å²) in [5.41, 5.74) is -0.0505. The zero-order valence-corrected chi connectivity index (χ0v) is 14.2. The molecule has 132 valence electrons. The minimum Gasteiger partial charge on any atom is -0.548 e. The van der Waals surface area contributed by atoms with Crippen molar-refractivity contribution >= 4 is 12.1 Å². The monoisotopic (exact) mass is 345 g/mol. The average Bonchev–Trinajstić information content (AvgIpc) is 2.54. The number of aliphatic carboxylic acids is 1. The quantitative estimate of drug-likeness (QED) is 0.723. The number of carboxylic acid groups (broad SMARTS) is 1. The van der Waals surface area contributed by atoms with Crippen LogP contribution in [0.1, 0.15) is 20.8 Å². The van der Waals surface area contributed by atoms with E-state index in [0.717, 1.165) is 0 Å². The van der Waals surface area contributed by atoms with Crippen LogP contribution in [0.15, 0.2) is 36.9 Å². The largest absolute Gasteiger partial charge is 0.548 e. The predicted molar refractivity (Wildman–Crippen MR) is 83.6 cm³/mol. The number of amides is 1. The molecule has 2 aromatic heterocycles. The summed E-state index contributed by atoms with van der Waals surface area (Å²) >= 11 is 0. The van der Waals surface area contributed by atoms with Crippen molar-refractivity contribution in [1.29, 1.82) is 0 Å². The van der Waals surface area contributed by atoms with E-state index in [1.54, 1.807) is 51.5 Å². The van der Waals surface area contributed by atoms with Crippen molar-refractivity contribution in [2.24, 2.45) is 0 Å². The first-order valence-electron chi connectivity index (χ1n) is 7.58. The second-order valence-corrected chi connectivity index (χ2v) is 6.23. The minimum atomic E-state index is -1.43. The molecule has 0 fully saturated rings. The lowest BCUT2D eigenvalue weighted by Gasteiger charge is -2.22. The molecular weight excluding hydrogens is 326 g/mol. The van der Waals surface area contributed by atoms with Gasteiger partial charge in [-0.15, -0.1) is 0 Å². The molecule has 0 saturated carbocycles. The normalized spacial score (nSPS) is 12.3. The number of alkyl carbamates (subject to hydrolysis) is 1. The lowest BCUT2D eigenvalue weighted by atomic mass is 10.2. The summed E-state index contributed by atoms with van der Waals surface area (Å²) in [4.78, 5) is 31.2. The molecule has 0 bridgehead atoms. The van der Waals surface area contributed by atoms with Crippen LogP contribution in [0.3, 0.4) is 0 Å². The van der Waals surface area contributed by atoms with Gasteiger partial charge in [0.05, 0.1) is 5.97 Å². The van der Waals surface area contributed by atoms with Crippen LogP contribution in [0.2, 0.25) is 0 Å². The van der Waals surface area contributed by atoms with E-state index in [9.17, 15) is 14.7 Å². The SMILES string of the molecule is CC(C)(C)OC(=O)NC(C[n+]1ccc(-c2ncccn2)cn1)C(=O)[O-]. The summed E-state index contributed by atoms with van der Waals surface area (Å²) in [6, 6.07) is 2.11. The molecule has 9 heteroatoms. The third-order valence-electron chi connectivity index (χ3n) is 2.94. The lowest BCUT2D eigenvalue weighted by molar-refractivity contribution is -0.754. The summed E-state index contributed by atoms with van der Waals surface area (Å²) in [6.07, 6.45) is 5.46. The summed E-state index contributed by atoms with van der Waals surface area (Å²) in [7, 11) is 0. The molecule has 1 amide bonds. The van der Waals surface area contributed by atoms with Crippen molar-refractivity contribution in [2.75, 3.05) is 0 Å². The zero-order valence-electron chi connectivity index (χ0n) is 14.2. The van der Waals surface area contributed by atoms with E-state index in [1.165, 1.54) is 10.9 Å². The van der Waals surface area contributed by atoms with E-state index in [2.05, 4.69) is 20.4 Å². The molecule has 1 unspecified atom stereocenters. The highest BCUT2D eigenvalue weighted by atomic mass is 16.6. The predicted octanol–water partition coefficient (Wildman–Crippen LogP) is -0.531. The van der Waals surface area contributed by atoms with Gasteiger partial charge in [0.1, 0.15) is 17.8 Å². The van der Waals surface area contributed by atoms with Gasteiger partial charge in [0.25, 0.3) is 0 Å². The summed E-state index contributed by atoms with van der Waals surface area (Å²) in [5, 5.41) is 17.6. The number of carbonyl (C=O) groups excluding carboxylic acids is 2. The van der Waals surface area contributed by atoms with Gasteiger partial charge in [-0.3, -0.25) is 0 Å². The lowest BCUT2D eigenvalue weighted by Crippen LogP contribution is -2.57. The van der Waals surface area contributed by atoms with Crippen LogP contribution in [0, 0.1) is 0 Å². The van der Waals surface area contributed by atoms with Crippen LogP contribution in [0.4, 0.5) is 4.79 Å². The van der Waals surface area contributed by atoms with Gasteiger partial charge in [-0.25, -0.2) is 14.8 Å². The Balaban J connectivity index is 2.04. The fourth-order valence-electron chi connectivity index (χ4n) is 1.89. The van der Waals surface area contributed by atoms with E-state index in [4.69, 9.17) is 4.74 Å². The topological polar surface area (TPSA) is 121 Å². The number of nitrogens with zero attached hydrogens (tertiary/aromatic N) is 4. The van der Waals surface area contributed by atoms with Gasteiger partial charge >= 0.3 is 6.09 Å². The van der Waals surface area contributed by atoms with Crippen LogP contribution in [0.5, 0.6) is 0 Å². The van der Waals surface area contributed by atoms with Crippen molar-refractivity contribution in [3.8, 4) is 11.4 Å². The molecule has 0 saturated heterocycles. The van der Waals surface area contributed by atoms with Crippen molar-refractivity contribution in [2.45, 2.75) is 39.0 Å². The Kier molecular flexibility index (Phi) is 5.58. The molecule has 0 spiro atoms. The highest BCUT2D eigenvalue weighted by Crippen LogP contribution is 2.09. The van der Waals surface area contributed by atoms with Gasteiger partial charge < -0.3 is 20.0 Å². The second-order valence-electron chi connectivity index (χ2n) is 6.23. The average molecular weight is 345 g/mol. The van der Waals surface area contributed by atoms with Gasteiger partial charge in [-0.1, -0.05) is 4.68 Å². The Bertz CT molecular complexity index is 728. The highest BCUT2D eigenvalue weighted by Gasteiger charge is 2.23. The molecule has 1 atom stereocenters. The Morgan fingerprint density at radius 2 is 2.00 bits per heavy atom. The number of ether oxygens (including phenoxy) is 1. The first-order chi connectivity index (χ1) is 11.7. The number of hydrogen-bond donors (Lipinski definition) is 1. The molecule has 9 nitrogen and oxygen atoms in total. The standard InChI is InChI=1S/C16H19N5O4/c1-16(2,3)25-15(24)20-12(14(22)23)10-21-8-5-11(9-19-21)13-17-6-4-7-18-13/h4-9,12H,10H2,1-3H3,(H-,20,22,23,24). The fourth-order valence-corrected chi connectivity index (χ4v) is 1.89. The first kappa shape index (κ1) is 18.2. The van der Waals surface area contributed by atoms with Crippen molar-refractivity contribution in [3.05, 3.63) is 36.9 Å². The van der Waals surface area contributed by atoms with Gasteiger partial charge in [0, 0.05) is 24.0 Å². The molecule has 0 aliphatic rings. The van der Waals surface area contributed by atoms with E-state index in [0.29, 0.717) is 11.4 Å². The van der Waals surface area contributed by atoms with E-state index < -0.39 is 23.7 Å². The number of carboxylic acids is 1. The third-order valence-corrected chi connectivity index (χ3v) is 2.94. The molecule has 1 N–H and O–H groups in total. The Morgan fingerprint density at radius 3 is 2.52 bits per heavy atom. The van der Waals surface area contributed by atoms with Crippen molar-refractivity contribution in [3.63, 3.8) is 0 Å². The maximum atomic E-state index is 11.7. The molecule has 2 aromatic rings. The molecule has 2 rings (SSSR count). The second kappa shape index (κ2) is 7.65. The number of nitrogens with one attached hydrogen (secondary N) is 1.